The zero-order chi connectivity index (χ0) is 17.5. The van der Waals surface area contributed by atoms with Gasteiger partial charge in [0.05, 0.1) is 6.61 Å². The van der Waals surface area contributed by atoms with E-state index in [1.54, 1.807) is 0 Å². The third-order valence-corrected chi connectivity index (χ3v) is 5.39. The van der Waals surface area contributed by atoms with Gasteiger partial charge in [0.15, 0.2) is 0 Å². The number of benzene rings is 2. The van der Waals surface area contributed by atoms with E-state index < -0.39 is 0 Å². The van der Waals surface area contributed by atoms with Crippen LogP contribution in [-0.2, 0) is 11.3 Å². The maximum atomic E-state index is 5.61. The van der Waals surface area contributed by atoms with Crippen molar-refractivity contribution >= 4 is 0 Å². The monoisotopic (exact) mass is 334 g/mol. The molecule has 0 radical (unpaired) electrons. The molecule has 1 nitrogen and oxygen atoms in total. The highest BCUT2D eigenvalue weighted by Gasteiger charge is 2.20. The van der Waals surface area contributed by atoms with Crippen LogP contribution in [-0.4, -0.2) is 6.61 Å². The minimum absolute atomic E-state index is 0.709. The third-order valence-electron chi connectivity index (χ3n) is 5.39. The third kappa shape index (κ3) is 4.83. The summed E-state index contributed by atoms with van der Waals surface area (Å²) in [5.74, 6) is 1.46. The normalized spacial score (nSPS) is 20.4. The summed E-state index contributed by atoms with van der Waals surface area (Å²) in [7, 11) is 0. The predicted molar refractivity (Wildman–Crippen MR) is 107 cm³/mol. The molecule has 0 amide bonds. The van der Waals surface area contributed by atoms with Gasteiger partial charge in [-0.1, -0.05) is 61.5 Å². The summed E-state index contributed by atoms with van der Waals surface area (Å²) in [6.45, 7) is 7.62. The molecule has 0 saturated heterocycles. The van der Waals surface area contributed by atoms with Gasteiger partial charge in [-0.25, -0.2) is 0 Å². The van der Waals surface area contributed by atoms with E-state index in [0.717, 1.165) is 24.9 Å². The second kappa shape index (κ2) is 9.01. The van der Waals surface area contributed by atoms with Crippen molar-refractivity contribution in [3.63, 3.8) is 0 Å². The average Bonchev–Trinajstić information content (AvgIpc) is 2.69. The summed E-state index contributed by atoms with van der Waals surface area (Å²) in [4.78, 5) is 0. The fraction of sp³-hybridized carbons (Fsp3) is 0.417. The van der Waals surface area contributed by atoms with Gasteiger partial charge in [-0.15, -0.1) is 6.58 Å². The number of rotatable bonds is 7. The lowest BCUT2D eigenvalue weighted by atomic mass is 9.78. The second-order valence-electron chi connectivity index (χ2n) is 7.22. The van der Waals surface area contributed by atoms with Gasteiger partial charge in [0.25, 0.3) is 0 Å². The van der Waals surface area contributed by atoms with Gasteiger partial charge in [0.2, 0.25) is 0 Å². The molecule has 25 heavy (non-hydrogen) atoms. The van der Waals surface area contributed by atoms with Crippen molar-refractivity contribution in [3.05, 3.63) is 72.3 Å². The van der Waals surface area contributed by atoms with Crippen LogP contribution in [0.2, 0.25) is 0 Å². The smallest absolute Gasteiger partial charge is 0.0716 e. The van der Waals surface area contributed by atoms with Gasteiger partial charge in [0, 0.05) is 6.61 Å². The summed E-state index contributed by atoms with van der Waals surface area (Å²) in [5, 5.41) is 0. The van der Waals surface area contributed by atoms with E-state index in [2.05, 4.69) is 68.1 Å². The summed E-state index contributed by atoms with van der Waals surface area (Å²) < 4.78 is 5.61. The molecule has 1 saturated carbocycles. The standard InChI is InChI=1S/C24H30O/c1-3-17-25-18-20-7-11-22(12-8-20)24-15-13-23(14-16-24)21-9-5-19(4-2)6-10-21/h4,7-8,11-16,19,21H,2-3,5-6,9-10,17-18H2,1H3. The molecule has 0 N–H and O–H groups in total. The van der Waals surface area contributed by atoms with Crippen molar-refractivity contribution in [2.75, 3.05) is 6.61 Å². The van der Waals surface area contributed by atoms with E-state index in [-0.39, 0.29) is 0 Å². The first-order valence-corrected chi connectivity index (χ1v) is 9.69. The number of allylic oxidation sites excluding steroid dienone is 1. The Balaban J connectivity index is 1.61. The zero-order valence-corrected chi connectivity index (χ0v) is 15.4. The highest BCUT2D eigenvalue weighted by Crippen LogP contribution is 2.36. The molecule has 0 heterocycles. The molecule has 1 aliphatic rings. The summed E-state index contributed by atoms with van der Waals surface area (Å²) in [6.07, 6.45) is 8.37. The summed E-state index contributed by atoms with van der Waals surface area (Å²) in [5.41, 5.74) is 5.31. The lowest BCUT2D eigenvalue weighted by molar-refractivity contribution is 0.121. The molecule has 2 aromatic rings. The van der Waals surface area contributed by atoms with Gasteiger partial charge in [-0.05, 0) is 66.2 Å². The van der Waals surface area contributed by atoms with E-state index >= 15 is 0 Å². The van der Waals surface area contributed by atoms with Gasteiger partial charge < -0.3 is 4.74 Å². The van der Waals surface area contributed by atoms with Crippen molar-refractivity contribution in [1.82, 2.24) is 0 Å². The Morgan fingerprint density at radius 2 is 1.52 bits per heavy atom. The predicted octanol–water partition coefficient (Wildman–Crippen LogP) is 6.74. The molecular formula is C24H30O. The average molecular weight is 335 g/mol. The van der Waals surface area contributed by atoms with Crippen molar-refractivity contribution in [2.24, 2.45) is 5.92 Å². The van der Waals surface area contributed by atoms with Crippen molar-refractivity contribution in [2.45, 2.75) is 51.6 Å². The highest BCUT2D eigenvalue weighted by molar-refractivity contribution is 5.64. The van der Waals surface area contributed by atoms with Crippen LogP contribution in [0.5, 0.6) is 0 Å². The highest BCUT2D eigenvalue weighted by atomic mass is 16.5. The molecular weight excluding hydrogens is 304 g/mol. The maximum Gasteiger partial charge on any atom is 0.0716 e. The van der Waals surface area contributed by atoms with Crippen LogP contribution in [0.4, 0.5) is 0 Å². The Kier molecular flexibility index (Phi) is 6.47. The van der Waals surface area contributed by atoms with Crippen LogP contribution in [0.15, 0.2) is 61.2 Å². The number of hydrogen-bond donors (Lipinski definition) is 0. The molecule has 0 bridgehead atoms. The molecule has 0 aromatic heterocycles. The van der Waals surface area contributed by atoms with Crippen LogP contribution in [0, 0.1) is 5.92 Å². The van der Waals surface area contributed by atoms with Crippen LogP contribution in [0.25, 0.3) is 11.1 Å². The largest absolute Gasteiger partial charge is 0.377 e. The Hall–Kier alpha value is -1.86. The van der Waals surface area contributed by atoms with Crippen molar-refractivity contribution < 1.29 is 4.74 Å². The van der Waals surface area contributed by atoms with Gasteiger partial charge >= 0.3 is 0 Å². The Morgan fingerprint density at radius 3 is 2.08 bits per heavy atom. The molecule has 1 heteroatoms. The molecule has 1 fully saturated rings. The summed E-state index contributed by atoms with van der Waals surface area (Å²) >= 11 is 0. The van der Waals surface area contributed by atoms with Gasteiger partial charge in [-0.2, -0.15) is 0 Å². The van der Waals surface area contributed by atoms with Gasteiger partial charge in [0.1, 0.15) is 0 Å². The van der Waals surface area contributed by atoms with E-state index in [0.29, 0.717) is 6.61 Å². The zero-order valence-electron chi connectivity index (χ0n) is 15.4. The molecule has 1 aliphatic carbocycles. The van der Waals surface area contributed by atoms with E-state index in [9.17, 15) is 0 Å². The van der Waals surface area contributed by atoms with E-state index in [1.165, 1.54) is 47.9 Å². The topological polar surface area (TPSA) is 9.23 Å². The molecule has 0 spiro atoms. The lowest BCUT2D eigenvalue weighted by Gasteiger charge is -2.27. The Labute approximate surface area is 152 Å². The van der Waals surface area contributed by atoms with Gasteiger partial charge in [-0.3, -0.25) is 0 Å². The van der Waals surface area contributed by atoms with Crippen LogP contribution in [0.1, 0.15) is 56.1 Å². The van der Waals surface area contributed by atoms with Crippen LogP contribution in [0.3, 0.4) is 0 Å². The molecule has 3 rings (SSSR count). The number of hydrogen-bond acceptors (Lipinski definition) is 1. The quantitative estimate of drug-likeness (QED) is 0.402. The first kappa shape index (κ1) is 17.9. The molecule has 0 aliphatic heterocycles. The first-order chi connectivity index (χ1) is 12.3. The first-order valence-electron chi connectivity index (χ1n) is 9.69. The Morgan fingerprint density at radius 1 is 0.920 bits per heavy atom. The fourth-order valence-corrected chi connectivity index (χ4v) is 3.76. The van der Waals surface area contributed by atoms with Crippen LogP contribution >= 0.6 is 0 Å². The molecule has 0 unspecified atom stereocenters. The number of ether oxygens (including phenoxy) is 1. The van der Waals surface area contributed by atoms with Crippen molar-refractivity contribution in [1.29, 1.82) is 0 Å². The molecule has 132 valence electrons. The molecule has 2 aromatic carbocycles. The lowest BCUT2D eigenvalue weighted by Crippen LogP contribution is -2.11. The SMILES string of the molecule is C=CC1CCC(c2ccc(-c3ccc(COCCC)cc3)cc2)CC1. The van der Waals surface area contributed by atoms with E-state index in [4.69, 9.17) is 4.74 Å². The van der Waals surface area contributed by atoms with E-state index in [1.807, 2.05) is 0 Å². The fourth-order valence-electron chi connectivity index (χ4n) is 3.76. The molecule has 0 atom stereocenters. The minimum Gasteiger partial charge on any atom is -0.377 e. The minimum atomic E-state index is 0.709. The Bertz CT molecular complexity index is 645. The summed E-state index contributed by atoms with van der Waals surface area (Å²) in [6, 6.07) is 18.0. The van der Waals surface area contributed by atoms with Crippen LogP contribution < -0.4 is 0 Å². The maximum absolute atomic E-state index is 5.61. The van der Waals surface area contributed by atoms with Crippen molar-refractivity contribution in [3.8, 4) is 11.1 Å². The second-order valence-corrected chi connectivity index (χ2v) is 7.22.